The highest BCUT2D eigenvalue weighted by atomic mass is 16.5. The second-order valence-corrected chi connectivity index (χ2v) is 7.50. The van der Waals surface area contributed by atoms with E-state index in [9.17, 15) is 9.90 Å². The number of hydrogen-bond acceptors (Lipinski definition) is 5. The number of aliphatic hydroxyl groups is 1. The summed E-state index contributed by atoms with van der Waals surface area (Å²) < 4.78 is 7.18. The van der Waals surface area contributed by atoms with Gasteiger partial charge >= 0.3 is 0 Å². The molecule has 1 fully saturated rings. The number of nitrogens with one attached hydrogen (secondary N) is 1. The molecule has 156 valence electrons. The first-order valence-corrected chi connectivity index (χ1v) is 10.3. The topological polar surface area (TPSA) is 89.3 Å². The van der Waals surface area contributed by atoms with Crippen molar-refractivity contribution in [3.05, 3.63) is 77.4 Å². The Morgan fingerprint density at radius 3 is 2.83 bits per heavy atom. The van der Waals surface area contributed by atoms with Crippen molar-refractivity contribution in [3.8, 4) is 5.69 Å². The summed E-state index contributed by atoms with van der Waals surface area (Å²) in [7, 11) is 0. The average Bonchev–Trinajstić information content (AvgIpc) is 3.31. The quantitative estimate of drug-likeness (QED) is 0.656. The van der Waals surface area contributed by atoms with E-state index in [1.165, 1.54) is 0 Å². The number of pyridine rings is 1. The van der Waals surface area contributed by atoms with Crippen molar-refractivity contribution in [2.24, 2.45) is 0 Å². The lowest BCUT2D eigenvalue weighted by atomic mass is 9.98. The fraction of sp³-hybridized carbons (Fsp3) is 0.348. The maximum Gasteiger partial charge on any atom is 0.270 e. The number of amides is 1. The van der Waals surface area contributed by atoms with Crippen LogP contribution < -0.4 is 5.32 Å². The van der Waals surface area contributed by atoms with Crippen LogP contribution in [0.1, 0.15) is 40.5 Å². The largest absolute Gasteiger partial charge is 0.391 e. The van der Waals surface area contributed by atoms with Crippen LogP contribution in [0.4, 0.5) is 0 Å². The van der Waals surface area contributed by atoms with Gasteiger partial charge in [-0.25, -0.2) is 4.68 Å². The zero-order chi connectivity index (χ0) is 20.9. The van der Waals surface area contributed by atoms with Gasteiger partial charge in [-0.1, -0.05) is 19.1 Å². The summed E-state index contributed by atoms with van der Waals surface area (Å²) in [5.74, 6) is -0.289. The zero-order valence-electron chi connectivity index (χ0n) is 17.0. The van der Waals surface area contributed by atoms with E-state index in [0.29, 0.717) is 31.7 Å². The predicted molar refractivity (Wildman–Crippen MR) is 113 cm³/mol. The summed E-state index contributed by atoms with van der Waals surface area (Å²) in [5, 5.41) is 17.2. The number of carbonyl (C=O) groups excluding carboxylic acids is 1. The molecule has 2 atom stereocenters. The van der Waals surface area contributed by atoms with Crippen molar-refractivity contribution < 1.29 is 14.6 Å². The third-order valence-corrected chi connectivity index (χ3v) is 5.43. The smallest absolute Gasteiger partial charge is 0.270 e. The van der Waals surface area contributed by atoms with E-state index in [0.717, 1.165) is 28.8 Å². The van der Waals surface area contributed by atoms with Crippen molar-refractivity contribution in [1.29, 1.82) is 0 Å². The lowest BCUT2D eigenvalue weighted by Crippen LogP contribution is -2.49. The summed E-state index contributed by atoms with van der Waals surface area (Å²) in [4.78, 5) is 17.0. The van der Waals surface area contributed by atoms with Crippen molar-refractivity contribution in [3.63, 3.8) is 0 Å². The van der Waals surface area contributed by atoms with Gasteiger partial charge in [0.2, 0.25) is 0 Å². The first kappa shape index (κ1) is 20.3. The zero-order valence-corrected chi connectivity index (χ0v) is 17.0. The number of rotatable bonds is 6. The Morgan fingerprint density at radius 2 is 2.13 bits per heavy atom. The van der Waals surface area contributed by atoms with E-state index >= 15 is 0 Å². The Kier molecular flexibility index (Phi) is 6.21. The van der Waals surface area contributed by atoms with Crippen LogP contribution in [0, 0.1) is 0 Å². The fourth-order valence-corrected chi connectivity index (χ4v) is 3.65. The molecule has 0 saturated carbocycles. The number of benzene rings is 1. The van der Waals surface area contributed by atoms with Crippen molar-refractivity contribution in [1.82, 2.24) is 20.1 Å². The van der Waals surface area contributed by atoms with Crippen molar-refractivity contribution in [2.75, 3.05) is 13.2 Å². The second kappa shape index (κ2) is 9.19. The van der Waals surface area contributed by atoms with Crippen LogP contribution in [-0.2, 0) is 17.6 Å². The highest BCUT2D eigenvalue weighted by Gasteiger charge is 2.26. The molecule has 2 aromatic heterocycles. The average molecular weight is 406 g/mol. The maximum absolute atomic E-state index is 12.7. The van der Waals surface area contributed by atoms with Crippen LogP contribution in [-0.4, -0.2) is 51.1 Å². The number of nitrogens with zero attached hydrogens (tertiary/aromatic N) is 3. The van der Waals surface area contributed by atoms with Gasteiger partial charge in [0.25, 0.3) is 5.91 Å². The summed E-state index contributed by atoms with van der Waals surface area (Å²) in [6, 6.07) is 11.6. The molecule has 0 radical (unpaired) electrons. The van der Waals surface area contributed by atoms with E-state index in [4.69, 9.17) is 4.74 Å². The lowest BCUT2D eigenvalue weighted by Gasteiger charge is -2.28. The monoisotopic (exact) mass is 406 g/mol. The standard InChI is InChI=1S/C23H26N4O3/c1-2-17-14-24-20(23(29)26-21-15-30-11-8-22(21)28)13-18(17)12-16-4-6-19(7-5-16)27-10-3-9-25-27/h3-7,9-10,13-14,21-22,28H,2,8,11-12,15H2,1H3,(H,26,29)/t21?,22-/m0/s1. The van der Waals surface area contributed by atoms with Crippen LogP contribution in [0.5, 0.6) is 0 Å². The Hall–Kier alpha value is -3.03. The molecule has 1 aliphatic rings. The van der Waals surface area contributed by atoms with Crippen LogP contribution >= 0.6 is 0 Å². The molecular formula is C23H26N4O3. The summed E-state index contributed by atoms with van der Waals surface area (Å²) >= 11 is 0. The number of aliphatic hydroxyl groups excluding tert-OH is 1. The lowest BCUT2D eigenvalue weighted by molar-refractivity contribution is -0.0140. The molecule has 1 aliphatic heterocycles. The van der Waals surface area contributed by atoms with Crippen LogP contribution in [0.25, 0.3) is 5.69 Å². The van der Waals surface area contributed by atoms with Gasteiger partial charge in [0.05, 0.1) is 24.4 Å². The second-order valence-electron chi connectivity index (χ2n) is 7.50. The predicted octanol–water partition coefficient (Wildman–Crippen LogP) is 2.30. The van der Waals surface area contributed by atoms with Crippen LogP contribution in [0.2, 0.25) is 0 Å². The minimum absolute atomic E-state index is 0.289. The van der Waals surface area contributed by atoms with Gasteiger partial charge in [-0.3, -0.25) is 9.78 Å². The molecule has 0 spiro atoms. The molecule has 1 unspecified atom stereocenters. The minimum Gasteiger partial charge on any atom is -0.391 e. The summed E-state index contributed by atoms with van der Waals surface area (Å²) in [6.45, 7) is 2.91. The van der Waals surface area contributed by atoms with Gasteiger partial charge < -0.3 is 15.2 Å². The first-order valence-electron chi connectivity index (χ1n) is 10.3. The van der Waals surface area contributed by atoms with E-state index in [1.807, 2.05) is 35.1 Å². The number of aryl methyl sites for hydroxylation is 1. The maximum atomic E-state index is 12.7. The van der Waals surface area contributed by atoms with Gasteiger partial charge in [0.15, 0.2) is 0 Å². The van der Waals surface area contributed by atoms with Crippen molar-refractivity contribution >= 4 is 5.91 Å². The van der Waals surface area contributed by atoms with E-state index in [1.54, 1.807) is 12.4 Å². The van der Waals surface area contributed by atoms with Crippen LogP contribution in [0.3, 0.4) is 0 Å². The number of ether oxygens (including phenoxy) is 1. The third-order valence-electron chi connectivity index (χ3n) is 5.43. The van der Waals surface area contributed by atoms with Gasteiger partial charge in [-0.05, 0) is 60.2 Å². The normalized spacial score (nSPS) is 18.9. The van der Waals surface area contributed by atoms with E-state index in [-0.39, 0.29) is 5.91 Å². The SMILES string of the molecule is CCc1cnc(C(=O)NC2COCC[C@@H]2O)cc1Cc1ccc(-n2cccn2)cc1. The van der Waals surface area contributed by atoms with Gasteiger partial charge in [0, 0.05) is 25.2 Å². The van der Waals surface area contributed by atoms with Crippen molar-refractivity contribution in [2.45, 2.75) is 38.3 Å². The van der Waals surface area contributed by atoms with E-state index in [2.05, 4.69) is 34.5 Å². The molecule has 3 heterocycles. The molecule has 2 N–H and O–H groups in total. The third kappa shape index (κ3) is 4.58. The Balaban J connectivity index is 1.50. The molecule has 3 aromatic rings. The molecule has 1 amide bonds. The summed E-state index contributed by atoms with van der Waals surface area (Å²) in [6.07, 6.45) is 6.91. The molecule has 1 saturated heterocycles. The molecule has 7 nitrogen and oxygen atoms in total. The first-order chi connectivity index (χ1) is 14.6. The Labute approximate surface area is 175 Å². The molecular weight excluding hydrogens is 380 g/mol. The highest BCUT2D eigenvalue weighted by Crippen LogP contribution is 2.18. The molecule has 0 bridgehead atoms. The highest BCUT2D eigenvalue weighted by molar-refractivity contribution is 5.92. The molecule has 30 heavy (non-hydrogen) atoms. The molecule has 1 aromatic carbocycles. The van der Waals surface area contributed by atoms with Gasteiger partial charge in [0.1, 0.15) is 5.69 Å². The molecule has 0 aliphatic carbocycles. The minimum atomic E-state index is -0.592. The molecule has 7 heteroatoms. The molecule has 4 rings (SSSR count). The van der Waals surface area contributed by atoms with Crippen LogP contribution in [0.15, 0.2) is 55.0 Å². The van der Waals surface area contributed by atoms with Gasteiger partial charge in [-0.15, -0.1) is 0 Å². The Bertz CT molecular complexity index is 986. The van der Waals surface area contributed by atoms with Gasteiger partial charge in [-0.2, -0.15) is 5.10 Å². The fourth-order valence-electron chi connectivity index (χ4n) is 3.65. The summed E-state index contributed by atoms with van der Waals surface area (Å²) in [5.41, 5.74) is 4.69. The number of hydrogen-bond donors (Lipinski definition) is 2. The Morgan fingerprint density at radius 1 is 1.30 bits per heavy atom. The number of carbonyl (C=O) groups is 1. The van der Waals surface area contributed by atoms with E-state index < -0.39 is 12.1 Å². The number of aromatic nitrogens is 3.